The van der Waals surface area contributed by atoms with E-state index < -0.39 is 5.97 Å². The molecule has 0 bridgehead atoms. The Balaban J connectivity index is 1.64. The minimum absolute atomic E-state index is 0.275. The predicted molar refractivity (Wildman–Crippen MR) is 90.3 cm³/mol. The third-order valence-electron chi connectivity index (χ3n) is 4.61. The molecule has 2 aromatic rings. The van der Waals surface area contributed by atoms with Gasteiger partial charge in [0, 0.05) is 25.2 Å². The molecule has 6 nitrogen and oxygen atoms in total. The molecule has 2 atom stereocenters. The van der Waals surface area contributed by atoms with E-state index in [2.05, 4.69) is 10.4 Å². The number of rotatable bonds is 7. The van der Waals surface area contributed by atoms with E-state index in [1.807, 2.05) is 35.0 Å². The second kappa shape index (κ2) is 7.49. The smallest absolute Gasteiger partial charge is 0.303 e. The summed E-state index contributed by atoms with van der Waals surface area (Å²) in [7, 11) is 1.65. The van der Waals surface area contributed by atoms with Gasteiger partial charge in [-0.2, -0.15) is 5.10 Å². The highest BCUT2D eigenvalue weighted by molar-refractivity contribution is 5.67. The average molecular weight is 329 g/mol. The number of carboxylic acids is 1. The van der Waals surface area contributed by atoms with Crippen molar-refractivity contribution in [2.75, 3.05) is 7.11 Å². The molecule has 1 aromatic heterocycles. The zero-order chi connectivity index (χ0) is 16.9. The van der Waals surface area contributed by atoms with Gasteiger partial charge in [-0.05, 0) is 43.4 Å². The van der Waals surface area contributed by atoms with E-state index in [9.17, 15) is 4.79 Å². The lowest BCUT2D eigenvalue weighted by Crippen LogP contribution is -2.27. The van der Waals surface area contributed by atoms with Gasteiger partial charge in [-0.1, -0.05) is 12.1 Å². The Morgan fingerprint density at radius 1 is 1.38 bits per heavy atom. The van der Waals surface area contributed by atoms with Crippen molar-refractivity contribution in [1.29, 1.82) is 0 Å². The molecule has 0 saturated heterocycles. The fraction of sp³-hybridized carbons (Fsp3) is 0.444. The number of methoxy groups -OCH3 is 1. The van der Waals surface area contributed by atoms with E-state index in [0.717, 1.165) is 36.4 Å². The molecule has 6 heteroatoms. The van der Waals surface area contributed by atoms with Crippen molar-refractivity contribution in [1.82, 2.24) is 15.1 Å². The van der Waals surface area contributed by atoms with Gasteiger partial charge in [0.05, 0.1) is 12.8 Å². The molecule has 3 rings (SSSR count). The van der Waals surface area contributed by atoms with E-state index >= 15 is 0 Å². The molecule has 1 aromatic carbocycles. The number of nitrogens with zero attached hydrogens (tertiary/aromatic N) is 2. The van der Waals surface area contributed by atoms with Crippen LogP contribution in [-0.2, 0) is 11.3 Å². The maximum Gasteiger partial charge on any atom is 0.303 e. The maximum atomic E-state index is 10.8. The molecule has 1 aliphatic carbocycles. The van der Waals surface area contributed by atoms with Crippen LogP contribution in [0, 0.1) is 5.92 Å². The number of ether oxygens (including phenoxy) is 1. The van der Waals surface area contributed by atoms with E-state index in [1.165, 1.54) is 0 Å². The lowest BCUT2D eigenvalue weighted by atomic mass is 10.0. The molecule has 0 unspecified atom stereocenters. The molecule has 0 amide bonds. The van der Waals surface area contributed by atoms with Crippen LogP contribution in [0.4, 0.5) is 0 Å². The average Bonchev–Trinajstić information content (AvgIpc) is 3.21. The van der Waals surface area contributed by atoms with Crippen LogP contribution in [0.1, 0.15) is 31.4 Å². The molecular weight excluding hydrogens is 306 g/mol. The summed E-state index contributed by atoms with van der Waals surface area (Å²) in [5, 5.41) is 16.9. The first-order chi connectivity index (χ1) is 11.7. The number of benzene rings is 1. The molecule has 1 fully saturated rings. The van der Waals surface area contributed by atoms with Crippen LogP contribution in [0.25, 0.3) is 5.69 Å². The maximum absolute atomic E-state index is 10.8. The minimum atomic E-state index is -0.699. The summed E-state index contributed by atoms with van der Waals surface area (Å²) in [5.41, 5.74) is 1.97. The molecule has 1 heterocycles. The summed E-state index contributed by atoms with van der Waals surface area (Å²) in [5.74, 6) is 0.374. The zero-order valence-electron chi connectivity index (χ0n) is 13.8. The molecule has 128 valence electrons. The zero-order valence-corrected chi connectivity index (χ0v) is 13.8. The van der Waals surface area contributed by atoms with Gasteiger partial charge >= 0.3 is 5.97 Å². The Bertz CT molecular complexity index is 698. The molecule has 24 heavy (non-hydrogen) atoms. The van der Waals surface area contributed by atoms with Crippen molar-refractivity contribution in [2.24, 2.45) is 5.92 Å². The second-order valence-corrected chi connectivity index (χ2v) is 6.26. The van der Waals surface area contributed by atoms with Crippen molar-refractivity contribution < 1.29 is 14.6 Å². The molecule has 1 aliphatic rings. The normalized spacial score (nSPS) is 20.2. The molecule has 0 radical (unpaired) electrons. The second-order valence-electron chi connectivity index (χ2n) is 6.26. The number of hydrogen-bond donors (Lipinski definition) is 2. The van der Waals surface area contributed by atoms with Crippen LogP contribution in [0.5, 0.6) is 5.75 Å². The van der Waals surface area contributed by atoms with Crippen LogP contribution in [-0.4, -0.2) is 34.0 Å². The van der Waals surface area contributed by atoms with Crippen LogP contribution >= 0.6 is 0 Å². The van der Waals surface area contributed by atoms with Crippen molar-refractivity contribution in [3.63, 3.8) is 0 Å². The van der Waals surface area contributed by atoms with Gasteiger partial charge in [0.1, 0.15) is 11.4 Å². The lowest BCUT2D eigenvalue weighted by Gasteiger charge is -2.15. The summed E-state index contributed by atoms with van der Waals surface area (Å²) in [6.45, 7) is 0.697. The van der Waals surface area contributed by atoms with Gasteiger partial charge < -0.3 is 15.2 Å². The molecule has 0 spiro atoms. The lowest BCUT2D eigenvalue weighted by molar-refractivity contribution is -0.138. The topological polar surface area (TPSA) is 76.4 Å². The highest BCUT2D eigenvalue weighted by Crippen LogP contribution is 2.28. The van der Waals surface area contributed by atoms with Gasteiger partial charge in [0.15, 0.2) is 0 Å². The Kier molecular flexibility index (Phi) is 5.15. The number of aromatic nitrogens is 2. The predicted octanol–water partition coefficient (Wildman–Crippen LogP) is 2.61. The highest BCUT2D eigenvalue weighted by Gasteiger charge is 2.26. The third kappa shape index (κ3) is 3.76. The van der Waals surface area contributed by atoms with Gasteiger partial charge in [-0.3, -0.25) is 4.79 Å². The van der Waals surface area contributed by atoms with Crippen LogP contribution < -0.4 is 10.1 Å². The van der Waals surface area contributed by atoms with E-state index in [1.54, 1.807) is 13.3 Å². The Labute approximate surface area is 141 Å². The fourth-order valence-electron chi connectivity index (χ4n) is 3.43. The Morgan fingerprint density at radius 2 is 2.21 bits per heavy atom. The molecule has 2 N–H and O–H groups in total. The number of hydrogen-bond acceptors (Lipinski definition) is 4. The van der Waals surface area contributed by atoms with Crippen molar-refractivity contribution >= 4 is 5.97 Å². The summed E-state index contributed by atoms with van der Waals surface area (Å²) in [6, 6.07) is 10.2. The number of aliphatic carboxylic acids is 1. The highest BCUT2D eigenvalue weighted by atomic mass is 16.5. The van der Waals surface area contributed by atoms with Gasteiger partial charge in [-0.15, -0.1) is 0 Å². The summed E-state index contributed by atoms with van der Waals surface area (Å²) in [4.78, 5) is 10.8. The van der Waals surface area contributed by atoms with Gasteiger partial charge in [0.25, 0.3) is 0 Å². The van der Waals surface area contributed by atoms with E-state index in [4.69, 9.17) is 9.84 Å². The fourth-order valence-corrected chi connectivity index (χ4v) is 3.43. The number of carbonyl (C=O) groups is 1. The molecular formula is C18H23N3O3. The van der Waals surface area contributed by atoms with E-state index in [0.29, 0.717) is 18.5 Å². The summed E-state index contributed by atoms with van der Waals surface area (Å²) < 4.78 is 7.30. The largest absolute Gasteiger partial charge is 0.494 e. The molecule has 0 aliphatic heterocycles. The summed E-state index contributed by atoms with van der Waals surface area (Å²) >= 11 is 0. The standard InChI is InChI=1S/C18H23N3O3/c1-24-17-5-3-2-4-16(17)21-15(8-9-20-21)12-19-14-7-6-13(10-14)11-18(22)23/h2-5,8-9,13-14,19H,6-7,10-12H2,1H3,(H,22,23)/t13-,14+/m0/s1. The number of nitrogens with one attached hydrogen (secondary N) is 1. The first-order valence-electron chi connectivity index (χ1n) is 8.29. The third-order valence-corrected chi connectivity index (χ3v) is 4.61. The number of carboxylic acid groups (broad SMARTS) is 1. The molecule has 1 saturated carbocycles. The van der Waals surface area contributed by atoms with Crippen LogP contribution in [0.3, 0.4) is 0 Å². The first-order valence-corrected chi connectivity index (χ1v) is 8.29. The van der Waals surface area contributed by atoms with Crippen LogP contribution in [0.15, 0.2) is 36.5 Å². The minimum Gasteiger partial charge on any atom is -0.494 e. The van der Waals surface area contributed by atoms with Gasteiger partial charge in [-0.25, -0.2) is 4.68 Å². The van der Waals surface area contributed by atoms with Crippen molar-refractivity contribution in [3.8, 4) is 11.4 Å². The SMILES string of the molecule is COc1ccccc1-n1nccc1CN[C@@H]1CC[C@H](CC(=O)O)C1. The van der Waals surface area contributed by atoms with Crippen molar-refractivity contribution in [3.05, 3.63) is 42.2 Å². The Morgan fingerprint density at radius 3 is 3.00 bits per heavy atom. The number of para-hydroxylation sites is 2. The van der Waals surface area contributed by atoms with E-state index in [-0.39, 0.29) is 6.42 Å². The first kappa shape index (κ1) is 16.5. The monoisotopic (exact) mass is 329 g/mol. The van der Waals surface area contributed by atoms with Crippen molar-refractivity contribution in [2.45, 2.75) is 38.3 Å². The Hall–Kier alpha value is -2.34. The summed E-state index contributed by atoms with van der Waals surface area (Å²) in [6.07, 6.45) is 4.99. The van der Waals surface area contributed by atoms with Crippen LogP contribution in [0.2, 0.25) is 0 Å². The quantitative estimate of drug-likeness (QED) is 0.816. The van der Waals surface area contributed by atoms with Gasteiger partial charge in [0.2, 0.25) is 0 Å².